The molecule has 1 heterocycles. The van der Waals surface area contributed by atoms with Crippen LogP contribution in [0.25, 0.3) is 0 Å². The summed E-state index contributed by atoms with van der Waals surface area (Å²) < 4.78 is 0. The van der Waals surface area contributed by atoms with E-state index in [9.17, 15) is 4.79 Å². The average molecular weight is 229 g/mol. The molecule has 2 rings (SSSR count). The van der Waals surface area contributed by atoms with Crippen LogP contribution in [0, 0.1) is 0 Å². The number of hydrogen-bond acceptors (Lipinski definition) is 2. The molecular weight excluding hydrogens is 214 g/mol. The van der Waals surface area contributed by atoms with Crippen LogP contribution in [0.5, 0.6) is 0 Å². The Labute approximate surface area is 101 Å². The maximum absolute atomic E-state index is 10.4. The molecule has 17 heavy (non-hydrogen) atoms. The van der Waals surface area contributed by atoms with Gasteiger partial charge in [-0.2, -0.15) is 0 Å². The Bertz CT molecular complexity index is 410. The van der Waals surface area contributed by atoms with E-state index < -0.39 is 5.97 Å². The molecule has 1 aliphatic carbocycles. The minimum atomic E-state index is -0.861. The summed E-state index contributed by atoms with van der Waals surface area (Å²) in [5.74, 6) is -0.861. The van der Waals surface area contributed by atoms with E-state index in [1.807, 2.05) is 48.9 Å². The first-order valence-corrected chi connectivity index (χ1v) is 5.32. The van der Waals surface area contributed by atoms with Gasteiger partial charge in [0.05, 0.1) is 5.57 Å². The second-order valence-corrected chi connectivity index (χ2v) is 3.26. The maximum Gasteiger partial charge on any atom is 0.335 e. The first kappa shape index (κ1) is 12.8. The lowest BCUT2D eigenvalue weighted by molar-refractivity contribution is -0.132. The van der Waals surface area contributed by atoms with E-state index in [1.54, 1.807) is 18.2 Å². The number of aliphatic carboxylic acids is 1. The molecule has 0 bridgehead atoms. The van der Waals surface area contributed by atoms with Crippen LogP contribution in [0.3, 0.4) is 0 Å². The summed E-state index contributed by atoms with van der Waals surface area (Å²) in [5, 5.41) is 11.4. The summed E-state index contributed by atoms with van der Waals surface area (Å²) in [5.41, 5.74) is 0.366. The predicted octanol–water partition coefficient (Wildman–Crippen LogP) is 2.69. The molecule has 3 nitrogen and oxygen atoms in total. The van der Waals surface area contributed by atoms with Crippen LogP contribution in [0.2, 0.25) is 0 Å². The number of allylic oxidation sites excluding steroid dienone is 8. The van der Waals surface area contributed by atoms with Gasteiger partial charge in [0.25, 0.3) is 0 Å². The normalized spacial score (nSPS) is 16.1. The molecule has 0 aromatic carbocycles. The minimum Gasteiger partial charge on any atom is -0.478 e. The zero-order valence-electron chi connectivity index (χ0n) is 9.41. The van der Waals surface area contributed by atoms with E-state index in [0.29, 0.717) is 12.0 Å². The van der Waals surface area contributed by atoms with Crippen LogP contribution in [0.1, 0.15) is 6.42 Å². The van der Waals surface area contributed by atoms with Gasteiger partial charge in [0, 0.05) is 12.4 Å². The van der Waals surface area contributed by atoms with Crippen molar-refractivity contribution in [1.82, 2.24) is 5.32 Å². The van der Waals surface area contributed by atoms with Crippen molar-refractivity contribution in [2.75, 3.05) is 0 Å². The lowest BCUT2D eigenvalue weighted by Crippen LogP contribution is -1.96. The molecule has 0 radical (unpaired) electrons. The van der Waals surface area contributed by atoms with Gasteiger partial charge in [0.2, 0.25) is 0 Å². The van der Waals surface area contributed by atoms with Crippen molar-refractivity contribution < 1.29 is 9.90 Å². The Balaban J connectivity index is 0.000000181. The summed E-state index contributed by atoms with van der Waals surface area (Å²) in [6, 6.07) is 0. The summed E-state index contributed by atoms with van der Waals surface area (Å²) in [6.07, 6.45) is 21.0. The highest BCUT2D eigenvalue weighted by molar-refractivity contribution is 5.89. The second-order valence-electron chi connectivity index (χ2n) is 3.26. The van der Waals surface area contributed by atoms with Crippen LogP contribution < -0.4 is 5.32 Å². The number of carboxylic acid groups (broad SMARTS) is 1. The van der Waals surface area contributed by atoms with Gasteiger partial charge in [-0.15, -0.1) is 0 Å². The van der Waals surface area contributed by atoms with Gasteiger partial charge in [-0.1, -0.05) is 36.5 Å². The topological polar surface area (TPSA) is 49.3 Å². The highest BCUT2D eigenvalue weighted by Crippen LogP contribution is 2.04. The maximum atomic E-state index is 10.4. The van der Waals surface area contributed by atoms with E-state index in [-0.39, 0.29) is 0 Å². The number of nitrogens with one attached hydrogen (secondary N) is 1. The van der Waals surface area contributed by atoms with Crippen LogP contribution in [-0.2, 0) is 4.79 Å². The molecule has 88 valence electrons. The minimum absolute atomic E-state index is 0.366. The van der Waals surface area contributed by atoms with Crippen molar-refractivity contribution >= 4 is 5.97 Å². The summed E-state index contributed by atoms with van der Waals surface area (Å²) in [4.78, 5) is 10.4. The molecule has 0 aromatic rings. The fourth-order valence-electron chi connectivity index (χ4n) is 1.14. The van der Waals surface area contributed by atoms with Gasteiger partial charge in [-0.3, -0.25) is 0 Å². The van der Waals surface area contributed by atoms with Crippen molar-refractivity contribution in [2.24, 2.45) is 0 Å². The van der Waals surface area contributed by atoms with Gasteiger partial charge in [-0.25, -0.2) is 4.79 Å². The molecule has 3 heteroatoms. The fraction of sp³-hybridized carbons (Fsp3) is 0.0714. The molecular formula is C14H15NO2. The van der Waals surface area contributed by atoms with E-state index in [2.05, 4.69) is 5.32 Å². The molecule has 2 aliphatic rings. The Morgan fingerprint density at radius 1 is 1.06 bits per heavy atom. The van der Waals surface area contributed by atoms with Gasteiger partial charge in [-0.05, 0) is 24.6 Å². The third-order valence-electron chi connectivity index (χ3n) is 1.96. The summed E-state index contributed by atoms with van der Waals surface area (Å²) in [6.45, 7) is 0. The lowest BCUT2D eigenvalue weighted by Gasteiger charge is -1.89. The van der Waals surface area contributed by atoms with Crippen LogP contribution >= 0.6 is 0 Å². The number of carbonyl (C=O) groups is 1. The molecule has 0 amide bonds. The van der Waals surface area contributed by atoms with Gasteiger partial charge >= 0.3 is 5.97 Å². The van der Waals surface area contributed by atoms with Crippen molar-refractivity contribution in [2.45, 2.75) is 6.42 Å². The zero-order chi connectivity index (χ0) is 12.3. The largest absolute Gasteiger partial charge is 0.478 e. The van der Waals surface area contributed by atoms with E-state index in [4.69, 9.17) is 5.11 Å². The standard InChI is InChI=1S/C8H8O2.C6H7N/c9-8(10)7-5-3-1-2-4-6-7;1-2-4-6-7-5-3-1/h1-3,5-6H,4H2,(H,9,10);1-7H. The van der Waals surface area contributed by atoms with Gasteiger partial charge in [0.15, 0.2) is 0 Å². The lowest BCUT2D eigenvalue weighted by atomic mass is 10.2. The van der Waals surface area contributed by atoms with Crippen LogP contribution in [0.15, 0.2) is 72.7 Å². The first-order chi connectivity index (χ1) is 8.30. The molecule has 0 saturated carbocycles. The molecule has 2 N–H and O–H groups in total. The Morgan fingerprint density at radius 2 is 1.76 bits per heavy atom. The summed E-state index contributed by atoms with van der Waals surface area (Å²) >= 11 is 0. The monoisotopic (exact) mass is 229 g/mol. The number of hydrogen-bond donors (Lipinski definition) is 2. The zero-order valence-corrected chi connectivity index (χ0v) is 9.41. The second kappa shape index (κ2) is 7.93. The highest BCUT2D eigenvalue weighted by atomic mass is 16.4. The fourth-order valence-corrected chi connectivity index (χ4v) is 1.14. The van der Waals surface area contributed by atoms with Crippen LogP contribution in [-0.4, -0.2) is 11.1 Å². The van der Waals surface area contributed by atoms with E-state index in [1.165, 1.54) is 0 Å². The SMILES string of the molecule is C1=CC=CNC=C1.O=C(O)C1=CCC=CC=C1. The third kappa shape index (κ3) is 5.99. The molecule has 0 atom stereocenters. The first-order valence-electron chi connectivity index (χ1n) is 5.32. The van der Waals surface area contributed by atoms with E-state index in [0.717, 1.165) is 0 Å². The number of rotatable bonds is 1. The smallest absolute Gasteiger partial charge is 0.335 e. The van der Waals surface area contributed by atoms with Crippen molar-refractivity contribution in [1.29, 1.82) is 0 Å². The highest BCUT2D eigenvalue weighted by Gasteiger charge is 2.01. The van der Waals surface area contributed by atoms with Crippen molar-refractivity contribution in [3.63, 3.8) is 0 Å². The molecule has 0 unspecified atom stereocenters. The molecule has 0 saturated heterocycles. The molecule has 1 aliphatic heterocycles. The number of carboxylic acids is 1. The van der Waals surface area contributed by atoms with E-state index >= 15 is 0 Å². The molecule has 0 spiro atoms. The average Bonchev–Trinajstić information content (AvgIpc) is 2.77. The predicted molar refractivity (Wildman–Crippen MR) is 69.2 cm³/mol. The van der Waals surface area contributed by atoms with Crippen LogP contribution in [0.4, 0.5) is 0 Å². The summed E-state index contributed by atoms with van der Waals surface area (Å²) in [7, 11) is 0. The Morgan fingerprint density at radius 3 is 2.41 bits per heavy atom. The van der Waals surface area contributed by atoms with Gasteiger partial charge in [0.1, 0.15) is 0 Å². The molecule has 0 fully saturated rings. The van der Waals surface area contributed by atoms with Crippen molar-refractivity contribution in [3.8, 4) is 0 Å². The van der Waals surface area contributed by atoms with Crippen molar-refractivity contribution in [3.05, 3.63) is 72.7 Å². The molecule has 0 aromatic heterocycles. The Kier molecular flexibility index (Phi) is 5.96. The quantitative estimate of drug-likeness (QED) is 0.726. The Hall–Kier alpha value is -2.29. The van der Waals surface area contributed by atoms with Gasteiger partial charge < -0.3 is 10.4 Å². The third-order valence-corrected chi connectivity index (χ3v) is 1.96.